The van der Waals surface area contributed by atoms with Gasteiger partial charge in [-0.25, -0.2) is 0 Å². The van der Waals surface area contributed by atoms with Gasteiger partial charge in [0, 0.05) is 25.9 Å². The zero-order chi connectivity index (χ0) is 12.3. The minimum absolute atomic E-state index is 0.132. The maximum atomic E-state index is 6.08. The van der Waals surface area contributed by atoms with E-state index in [1.165, 1.54) is 12.8 Å². The highest BCUT2D eigenvalue weighted by molar-refractivity contribution is 4.90. The summed E-state index contributed by atoms with van der Waals surface area (Å²) >= 11 is 0. The lowest BCUT2D eigenvalue weighted by atomic mass is 9.74. The molecule has 3 heteroatoms. The van der Waals surface area contributed by atoms with Crippen molar-refractivity contribution in [3.63, 3.8) is 0 Å². The quantitative estimate of drug-likeness (QED) is 0.825. The molecule has 2 aliphatic rings. The van der Waals surface area contributed by atoms with Gasteiger partial charge in [0.25, 0.3) is 0 Å². The molecule has 0 aromatic heterocycles. The molecule has 0 aliphatic carbocycles. The zero-order valence-corrected chi connectivity index (χ0v) is 11.3. The molecule has 0 aromatic carbocycles. The second-order valence-corrected chi connectivity index (χ2v) is 6.09. The van der Waals surface area contributed by atoms with E-state index in [1.54, 1.807) is 0 Å². The van der Waals surface area contributed by atoms with E-state index in [4.69, 9.17) is 15.2 Å². The predicted molar refractivity (Wildman–Crippen MR) is 68.9 cm³/mol. The summed E-state index contributed by atoms with van der Waals surface area (Å²) in [5.41, 5.74) is 6.05. The first kappa shape index (κ1) is 13.3. The second kappa shape index (κ2) is 5.68. The average Bonchev–Trinajstić information content (AvgIpc) is 2.29. The molecule has 100 valence electrons. The van der Waals surface area contributed by atoms with Gasteiger partial charge in [0.2, 0.25) is 0 Å². The third-order valence-corrected chi connectivity index (χ3v) is 4.48. The van der Waals surface area contributed by atoms with Crippen LogP contribution in [0.1, 0.15) is 46.0 Å². The molecule has 3 nitrogen and oxygen atoms in total. The highest BCUT2D eigenvalue weighted by Crippen LogP contribution is 2.40. The van der Waals surface area contributed by atoms with Crippen molar-refractivity contribution in [2.45, 2.75) is 57.6 Å². The van der Waals surface area contributed by atoms with Crippen LogP contribution in [0.4, 0.5) is 0 Å². The van der Waals surface area contributed by atoms with Crippen LogP contribution < -0.4 is 5.73 Å². The van der Waals surface area contributed by atoms with E-state index in [1.807, 2.05) is 0 Å². The van der Waals surface area contributed by atoms with Crippen LogP contribution in [0.3, 0.4) is 0 Å². The predicted octanol–water partition coefficient (Wildman–Crippen LogP) is 2.34. The van der Waals surface area contributed by atoms with E-state index < -0.39 is 0 Å². The van der Waals surface area contributed by atoms with Crippen LogP contribution in [0, 0.1) is 11.8 Å². The van der Waals surface area contributed by atoms with Crippen LogP contribution in [-0.4, -0.2) is 31.5 Å². The Morgan fingerprint density at radius 2 is 1.94 bits per heavy atom. The first-order valence-corrected chi connectivity index (χ1v) is 7.09. The fourth-order valence-corrected chi connectivity index (χ4v) is 3.42. The summed E-state index contributed by atoms with van der Waals surface area (Å²) in [7, 11) is 0. The largest absolute Gasteiger partial charge is 0.381 e. The molecule has 0 aromatic rings. The number of hydrogen-bond acceptors (Lipinski definition) is 3. The van der Waals surface area contributed by atoms with Crippen LogP contribution >= 0.6 is 0 Å². The summed E-state index contributed by atoms with van der Waals surface area (Å²) in [6, 6.07) is 0.318. The maximum absolute atomic E-state index is 6.08. The fourth-order valence-electron chi connectivity index (χ4n) is 3.42. The molecular weight excluding hydrogens is 214 g/mol. The van der Waals surface area contributed by atoms with Gasteiger partial charge in [0.1, 0.15) is 0 Å². The molecule has 2 rings (SSSR count). The Bertz CT molecular complexity index is 231. The van der Waals surface area contributed by atoms with E-state index in [0.29, 0.717) is 6.04 Å². The first-order chi connectivity index (χ1) is 8.11. The van der Waals surface area contributed by atoms with Crippen molar-refractivity contribution in [1.82, 2.24) is 0 Å². The molecule has 0 bridgehead atoms. The Kier molecular flexibility index (Phi) is 4.45. The standard InChI is InChI=1S/C14H27NO2/c1-11(9-12(2)15)13-3-6-17-14(10-13)4-7-16-8-5-14/h11-13H,3-10,15H2,1-2H3. The summed E-state index contributed by atoms with van der Waals surface area (Å²) in [5.74, 6) is 1.51. The van der Waals surface area contributed by atoms with E-state index in [0.717, 1.165) is 50.9 Å². The molecule has 2 heterocycles. The van der Waals surface area contributed by atoms with Gasteiger partial charge < -0.3 is 15.2 Å². The first-order valence-electron chi connectivity index (χ1n) is 7.09. The van der Waals surface area contributed by atoms with Gasteiger partial charge in [-0.05, 0) is 50.9 Å². The second-order valence-electron chi connectivity index (χ2n) is 6.09. The van der Waals surface area contributed by atoms with E-state index >= 15 is 0 Å². The zero-order valence-electron chi connectivity index (χ0n) is 11.3. The molecule has 2 aliphatic heterocycles. The van der Waals surface area contributed by atoms with Gasteiger partial charge >= 0.3 is 0 Å². The van der Waals surface area contributed by atoms with Crippen molar-refractivity contribution >= 4 is 0 Å². The maximum Gasteiger partial charge on any atom is 0.0729 e. The van der Waals surface area contributed by atoms with Crippen LogP contribution in [0.15, 0.2) is 0 Å². The minimum atomic E-state index is 0.132. The molecule has 3 unspecified atom stereocenters. The van der Waals surface area contributed by atoms with Crippen molar-refractivity contribution in [1.29, 1.82) is 0 Å². The summed E-state index contributed by atoms with van der Waals surface area (Å²) in [5, 5.41) is 0. The topological polar surface area (TPSA) is 44.5 Å². The highest BCUT2D eigenvalue weighted by atomic mass is 16.5. The molecule has 17 heavy (non-hydrogen) atoms. The Morgan fingerprint density at radius 3 is 2.59 bits per heavy atom. The lowest BCUT2D eigenvalue weighted by Crippen LogP contribution is -2.45. The van der Waals surface area contributed by atoms with E-state index in [9.17, 15) is 0 Å². The molecule has 0 saturated carbocycles. The van der Waals surface area contributed by atoms with E-state index in [-0.39, 0.29) is 5.60 Å². The summed E-state index contributed by atoms with van der Waals surface area (Å²) in [6.07, 6.45) is 5.71. The fraction of sp³-hybridized carbons (Fsp3) is 1.00. The summed E-state index contributed by atoms with van der Waals surface area (Å²) in [4.78, 5) is 0. The van der Waals surface area contributed by atoms with Gasteiger partial charge in [-0.3, -0.25) is 0 Å². The number of ether oxygens (including phenoxy) is 2. The van der Waals surface area contributed by atoms with Crippen molar-refractivity contribution in [3.8, 4) is 0 Å². The Labute approximate surface area is 105 Å². The van der Waals surface area contributed by atoms with Gasteiger partial charge in [0.15, 0.2) is 0 Å². The van der Waals surface area contributed by atoms with E-state index in [2.05, 4.69) is 13.8 Å². The molecule has 0 radical (unpaired) electrons. The average molecular weight is 241 g/mol. The van der Waals surface area contributed by atoms with Crippen molar-refractivity contribution in [3.05, 3.63) is 0 Å². The van der Waals surface area contributed by atoms with Gasteiger partial charge in [-0.1, -0.05) is 6.92 Å². The highest BCUT2D eigenvalue weighted by Gasteiger charge is 2.40. The summed E-state index contributed by atoms with van der Waals surface area (Å²) in [6.45, 7) is 7.13. The Hall–Kier alpha value is -0.120. The molecule has 3 atom stereocenters. The summed E-state index contributed by atoms with van der Waals surface area (Å²) < 4.78 is 11.5. The van der Waals surface area contributed by atoms with Crippen molar-refractivity contribution < 1.29 is 9.47 Å². The third kappa shape index (κ3) is 3.43. The normalized spacial score (nSPS) is 32.3. The molecule has 0 amide bonds. The Balaban J connectivity index is 1.91. The van der Waals surface area contributed by atoms with Crippen LogP contribution in [0.5, 0.6) is 0 Å². The molecule has 2 saturated heterocycles. The molecule has 2 N–H and O–H groups in total. The lowest BCUT2D eigenvalue weighted by molar-refractivity contribution is -0.152. The van der Waals surface area contributed by atoms with Gasteiger partial charge in [0.05, 0.1) is 5.60 Å². The van der Waals surface area contributed by atoms with Gasteiger partial charge in [-0.2, -0.15) is 0 Å². The Morgan fingerprint density at radius 1 is 1.24 bits per heavy atom. The number of nitrogens with two attached hydrogens (primary N) is 1. The van der Waals surface area contributed by atoms with Crippen LogP contribution in [0.25, 0.3) is 0 Å². The van der Waals surface area contributed by atoms with Crippen molar-refractivity contribution in [2.24, 2.45) is 17.6 Å². The molecule has 1 spiro atoms. The smallest absolute Gasteiger partial charge is 0.0729 e. The van der Waals surface area contributed by atoms with Crippen molar-refractivity contribution in [2.75, 3.05) is 19.8 Å². The van der Waals surface area contributed by atoms with Crippen LogP contribution in [-0.2, 0) is 9.47 Å². The monoisotopic (exact) mass is 241 g/mol. The van der Waals surface area contributed by atoms with Gasteiger partial charge in [-0.15, -0.1) is 0 Å². The van der Waals surface area contributed by atoms with Crippen LogP contribution in [0.2, 0.25) is 0 Å². The minimum Gasteiger partial charge on any atom is -0.381 e. The SMILES string of the molecule is CC(N)CC(C)C1CCOC2(CCOCC2)C1. The lowest BCUT2D eigenvalue weighted by Gasteiger charge is -2.45. The number of hydrogen-bond donors (Lipinski definition) is 1. The molecule has 2 fully saturated rings. The molecular formula is C14H27NO2. The number of rotatable bonds is 3. The third-order valence-electron chi connectivity index (χ3n) is 4.48.